The first-order valence-electron chi connectivity index (χ1n) is 10.9. The van der Waals surface area contributed by atoms with Crippen LogP contribution >= 0.6 is 11.3 Å². The number of thiazole rings is 1. The van der Waals surface area contributed by atoms with Gasteiger partial charge in [0.1, 0.15) is 0 Å². The number of hydrogen-bond donors (Lipinski definition) is 0. The van der Waals surface area contributed by atoms with E-state index in [0.717, 1.165) is 27.4 Å². The van der Waals surface area contributed by atoms with Gasteiger partial charge in [-0.3, -0.25) is 19.3 Å². The average Bonchev–Trinajstić information content (AvgIpc) is 3.30. The Morgan fingerprint density at radius 3 is 2.45 bits per heavy atom. The summed E-state index contributed by atoms with van der Waals surface area (Å²) in [6, 6.07) is 17.0. The highest BCUT2D eigenvalue weighted by Gasteiger charge is 2.54. The predicted octanol–water partition coefficient (Wildman–Crippen LogP) is 4.01. The zero-order valence-corrected chi connectivity index (χ0v) is 19.9. The van der Waals surface area contributed by atoms with Gasteiger partial charge >= 0.3 is 0 Å². The third kappa shape index (κ3) is 4.59. The van der Waals surface area contributed by atoms with Crippen LogP contribution in [-0.4, -0.2) is 39.6 Å². The van der Waals surface area contributed by atoms with Crippen LogP contribution in [0.2, 0.25) is 0 Å². The number of aromatic nitrogens is 1. The van der Waals surface area contributed by atoms with Crippen molar-refractivity contribution in [2.45, 2.75) is 45.2 Å². The summed E-state index contributed by atoms with van der Waals surface area (Å²) in [4.78, 5) is 47.6. The van der Waals surface area contributed by atoms with Crippen molar-refractivity contribution >= 4 is 29.1 Å². The molecule has 1 aliphatic heterocycles. The summed E-state index contributed by atoms with van der Waals surface area (Å²) in [6.45, 7) is 4.41. The lowest BCUT2D eigenvalue weighted by molar-refractivity contribution is -0.143. The first kappa shape index (κ1) is 22.9. The number of carbonyl (C=O) groups excluding carboxylic acids is 3. The summed E-state index contributed by atoms with van der Waals surface area (Å²) >= 11 is 1.54. The van der Waals surface area contributed by atoms with Crippen LogP contribution in [0.3, 0.4) is 0 Å². The number of benzene rings is 2. The smallest absolute Gasteiger partial charge is 0.241 e. The van der Waals surface area contributed by atoms with Crippen LogP contribution in [-0.2, 0) is 32.9 Å². The van der Waals surface area contributed by atoms with Gasteiger partial charge in [-0.15, -0.1) is 11.3 Å². The van der Waals surface area contributed by atoms with Crippen molar-refractivity contribution in [2.75, 3.05) is 7.05 Å². The summed E-state index contributed by atoms with van der Waals surface area (Å²) in [7, 11) is 1.71. The first-order valence-corrected chi connectivity index (χ1v) is 11.8. The fraction of sp³-hybridized carbons (Fsp3) is 0.308. The molecule has 2 aromatic carbocycles. The lowest BCUT2D eigenvalue weighted by Gasteiger charge is -2.30. The van der Waals surface area contributed by atoms with E-state index in [9.17, 15) is 14.4 Å². The normalized spacial score (nSPS) is 18.1. The maximum atomic E-state index is 13.8. The van der Waals surface area contributed by atoms with E-state index in [1.807, 2.05) is 73.8 Å². The number of carbonyl (C=O) groups is 3. The number of likely N-dealkylation sites (tertiary alicyclic amines) is 1. The Morgan fingerprint density at radius 1 is 1.09 bits per heavy atom. The van der Waals surface area contributed by atoms with Crippen LogP contribution in [0.4, 0.5) is 0 Å². The van der Waals surface area contributed by atoms with E-state index < -0.39 is 5.41 Å². The van der Waals surface area contributed by atoms with Crippen molar-refractivity contribution in [3.8, 4) is 0 Å². The van der Waals surface area contributed by atoms with E-state index in [4.69, 9.17) is 0 Å². The highest BCUT2D eigenvalue weighted by Crippen LogP contribution is 2.42. The number of amides is 3. The topological polar surface area (TPSA) is 70.6 Å². The van der Waals surface area contributed by atoms with E-state index in [2.05, 4.69) is 4.98 Å². The van der Waals surface area contributed by atoms with Crippen LogP contribution in [0.5, 0.6) is 0 Å². The lowest BCUT2D eigenvalue weighted by Crippen LogP contribution is -2.42. The highest BCUT2D eigenvalue weighted by molar-refractivity contribution is 7.09. The Hall–Kier alpha value is -3.32. The summed E-state index contributed by atoms with van der Waals surface area (Å²) in [6.07, 6.45) is -0.0771. The molecule has 1 fully saturated rings. The molecular formula is C26H27N3O3S. The fourth-order valence-corrected chi connectivity index (χ4v) is 5.09. The molecule has 4 rings (SSSR count). The number of imide groups is 1. The van der Waals surface area contributed by atoms with Gasteiger partial charge in [0.15, 0.2) is 0 Å². The molecule has 3 aromatic rings. The molecule has 3 amide bonds. The minimum atomic E-state index is -1.21. The van der Waals surface area contributed by atoms with Crippen LogP contribution in [0.15, 0.2) is 60.0 Å². The lowest BCUT2D eigenvalue weighted by atomic mass is 9.74. The third-order valence-electron chi connectivity index (χ3n) is 6.20. The van der Waals surface area contributed by atoms with E-state index in [1.54, 1.807) is 11.9 Å². The van der Waals surface area contributed by atoms with Gasteiger partial charge in [0, 0.05) is 25.3 Å². The third-order valence-corrected chi connectivity index (χ3v) is 7.02. The summed E-state index contributed by atoms with van der Waals surface area (Å²) < 4.78 is 0. The van der Waals surface area contributed by atoms with Gasteiger partial charge in [-0.25, -0.2) is 4.98 Å². The molecule has 0 saturated carbocycles. The van der Waals surface area contributed by atoms with Gasteiger partial charge in [0.05, 0.1) is 29.2 Å². The van der Waals surface area contributed by atoms with Gasteiger partial charge < -0.3 is 4.90 Å². The summed E-state index contributed by atoms with van der Waals surface area (Å²) in [5.41, 5.74) is 2.12. The van der Waals surface area contributed by atoms with E-state index >= 15 is 0 Å². The molecule has 1 aliphatic rings. The molecular weight excluding hydrogens is 434 g/mol. The van der Waals surface area contributed by atoms with Crippen molar-refractivity contribution in [1.29, 1.82) is 0 Å². The molecule has 1 aromatic heterocycles. The largest absolute Gasteiger partial charge is 0.340 e. The predicted molar refractivity (Wildman–Crippen MR) is 127 cm³/mol. The molecule has 33 heavy (non-hydrogen) atoms. The van der Waals surface area contributed by atoms with Crippen molar-refractivity contribution in [3.63, 3.8) is 0 Å². The second-order valence-electron chi connectivity index (χ2n) is 8.63. The molecule has 2 heterocycles. The summed E-state index contributed by atoms with van der Waals surface area (Å²) in [5.74, 6) is -0.749. The van der Waals surface area contributed by atoms with Gasteiger partial charge in [0.25, 0.3) is 0 Å². The zero-order valence-electron chi connectivity index (χ0n) is 19.1. The van der Waals surface area contributed by atoms with Gasteiger partial charge in [-0.1, -0.05) is 54.6 Å². The van der Waals surface area contributed by atoms with E-state index in [0.29, 0.717) is 6.54 Å². The van der Waals surface area contributed by atoms with Crippen molar-refractivity contribution in [1.82, 2.24) is 14.8 Å². The fourth-order valence-electron chi connectivity index (χ4n) is 4.49. The maximum Gasteiger partial charge on any atom is 0.241 e. The Bertz CT molecular complexity index is 1190. The van der Waals surface area contributed by atoms with Crippen molar-refractivity contribution in [2.24, 2.45) is 0 Å². The van der Waals surface area contributed by atoms with E-state index in [-0.39, 0.29) is 37.1 Å². The second-order valence-corrected chi connectivity index (χ2v) is 9.69. The molecule has 170 valence electrons. The molecule has 7 heteroatoms. The Labute approximate surface area is 197 Å². The molecule has 0 N–H and O–H groups in total. The Morgan fingerprint density at radius 2 is 1.79 bits per heavy atom. The minimum Gasteiger partial charge on any atom is -0.340 e. The molecule has 0 spiro atoms. The van der Waals surface area contributed by atoms with Crippen molar-refractivity contribution < 1.29 is 14.4 Å². The van der Waals surface area contributed by atoms with Crippen LogP contribution in [0.1, 0.15) is 40.2 Å². The van der Waals surface area contributed by atoms with E-state index in [1.165, 1.54) is 16.2 Å². The molecule has 1 atom stereocenters. The zero-order chi connectivity index (χ0) is 23.6. The van der Waals surface area contributed by atoms with Gasteiger partial charge in [-0.05, 0) is 30.5 Å². The quantitative estimate of drug-likeness (QED) is 0.499. The second kappa shape index (κ2) is 9.27. The monoisotopic (exact) mass is 461 g/mol. The van der Waals surface area contributed by atoms with Crippen molar-refractivity contribution in [3.05, 3.63) is 87.4 Å². The number of nitrogens with zero attached hydrogens (tertiary/aromatic N) is 3. The number of hydrogen-bond acceptors (Lipinski definition) is 5. The Balaban J connectivity index is 1.65. The van der Waals surface area contributed by atoms with Gasteiger partial charge in [0.2, 0.25) is 17.7 Å². The number of rotatable bonds is 7. The molecule has 0 radical (unpaired) electrons. The number of aryl methyl sites for hydroxylation is 2. The molecule has 0 bridgehead atoms. The van der Waals surface area contributed by atoms with Gasteiger partial charge in [-0.2, -0.15) is 0 Å². The standard InChI is InChI=1S/C26H27N3O3S/c1-18-9-7-8-12-22(18)26(13-23(30)28(3)16-21-17-33-19(2)27-21)14-24(31)29(25(26)32)15-20-10-5-4-6-11-20/h4-12,17H,13-16H2,1-3H3/t26-/m1/s1. The maximum absolute atomic E-state index is 13.8. The molecule has 0 aliphatic carbocycles. The summed E-state index contributed by atoms with van der Waals surface area (Å²) in [5, 5.41) is 2.87. The Kier molecular flexibility index (Phi) is 6.42. The molecule has 0 unspecified atom stereocenters. The van der Waals surface area contributed by atoms with Crippen LogP contribution in [0, 0.1) is 13.8 Å². The first-order chi connectivity index (χ1) is 15.8. The minimum absolute atomic E-state index is 0.0150. The average molecular weight is 462 g/mol. The highest BCUT2D eigenvalue weighted by atomic mass is 32.1. The van der Waals surface area contributed by atoms with Crippen LogP contribution < -0.4 is 0 Å². The SMILES string of the molecule is Cc1nc(CN(C)C(=O)C[C@]2(c3ccccc3C)CC(=O)N(Cc3ccccc3)C2=O)cs1. The molecule has 6 nitrogen and oxygen atoms in total. The van der Waals surface area contributed by atoms with Crippen LogP contribution in [0.25, 0.3) is 0 Å². The molecule has 1 saturated heterocycles.